The highest BCUT2D eigenvalue weighted by atomic mass is 35.6. The molecular formula is C28H24Cl6N4O6S3. The lowest BCUT2D eigenvalue weighted by Crippen LogP contribution is -2.73. The number of amides is 2. The third-order valence-corrected chi connectivity index (χ3v) is 10.9. The van der Waals surface area contributed by atoms with E-state index in [1.54, 1.807) is 25.1 Å². The fraction of sp³-hybridized carbons (Fsp3) is 0.321. The molecular weight excluding hydrogens is 797 g/mol. The highest BCUT2D eigenvalue weighted by Crippen LogP contribution is 2.45. The summed E-state index contributed by atoms with van der Waals surface area (Å²) < 4.78 is 8.23. The van der Waals surface area contributed by atoms with E-state index in [1.807, 2.05) is 24.3 Å². The number of nitrogens with one attached hydrogen (secondary N) is 2. The van der Waals surface area contributed by atoms with Gasteiger partial charge in [-0.1, -0.05) is 111 Å². The molecule has 0 spiro atoms. The first-order chi connectivity index (χ1) is 22.0. The molecule has 4 rings (SSSR count). The van der Waals surface area contributed by atoms with E-state index in [4.69, 9.17) is 79.1 Å². The van der Waals surface area contributed by atoms with Crippen molar-refractivity contribution in [3.63, 3.8) is 0 Å². The number of likely N-dealkylation sites (tertiary alicyclic amines) is 1. The quantitative estimate of drug-likeness (QED) is 0.0602. The van der Waals surface area contributed by atoms with Crippen molar-refractivity contribution >= 4 is 142 Å². The van der Waals surface area contributed by atoms with Crippen LogP contribution in [0.15, 0.2) is 65.0 Å². The van der Waals surface area contributed by atoms with Gasteiger partial charge in [0.15, 0.2) is 10.4 Å². The number of carbonyl (C=O) groups excluding carboxylic acids is 4. The summed E-state index contributed by atoms with van der Waals surface area (Å²) in [5, 5.41) is 4.82. The average Bonchev–Trinajstić information content (AvgIpc) is 3.42. The second-order valence-corrected chi connectivity index (χ2v) is 18.5. The number of esters is 2. The second kappa shape index (κ2) is 16.3. The normalized spacial score (nSPS) is 17.1. The van der Waals surface area contributed by atoms with Crippen LogP contribution in [0.2, 0.25) is 0 Å². The molecule has 2 aromatic carbocycles. The Morgan fingerprint density at radius 1 is 1.02 bits per heavy atom. The summed E-state index contributed by atoms with van der Waals surface area (Å²) in [5.41, 5.74) is 1.48. The number of hydrogen-bond donors (Lipinski definition) is 2. The molecule has 3 unspecified atom stereocenters. The Bertz CT molecular complexity index is 1630. The topological polar surface area (TPSA) is 127 Å². The van der Waals surface area contributed by atoms with Crippen molar-refractivity contribution in [1.82, 2.24) is 15.2 Å². The molecule has 47 heavy (non-hydrogen) atoms. The lowest BCUT2D eigenvalue weighted by atomic mass is 9.99. The molecule has 19 heteroatoms. The van der Waals surface area contributed by atoms with E-state index >= 15 is 0 Å². The number of ether oxygens (including phenoxy) is 2. The smallest absolute Gasteiger partial charge is 0.340 e. The Morgan fingerprint density at radius 2 is 1.66 bits per heavy atom. The molecule has 1 aliphatic rings. The van der Waals surface area contributed by atoms with Crippen LogP contribution in [0.25, 0.3) is 10.2 Å². The SMILES string of the molecule is C=C(C)C(C(=O)OCC(Cl)(Cl)Cl)N1C(=O)C(NC(=O)CNc2ccccc2C(=O)OCC(Cl)(Cl)Cl)C1SSc1nc2ccccc2s1. The van der Waals surface area contributed by atoms with Crippen molar-refractivity contribution in [1.29, 1.82) is 0 Å². The van der Waals surface area contributed by atoms with Crippen LogP contribution in [0, 0.1) is 0 Å². The van der Waals surface area contributed by atoms with Gasteiger partial charge in [0.1, 0.15) is 24.6 Å². The van der Waals surface area contributed by atoms with Crippen molar-refractivity contribution in [2.75, 3.05) is 25.1 Å². The molecule has 1 aliphatic heterocycles. The Hall–Kier alpha value is -1.81. The molecule has 252 valence electrons. The van der Waals surface area contributed by atoms with Gasteiger partial charge in [-0.15, -0.1) is 11.3 Å². The molecule has 2 heterocycles. The van der Waals surface area contributed by atoms with E-state index < -0.39 is 62.0 Å². The maximum atomic E-state index is 13.5. The number of halogens is 6. The van der Waals surface area contributed by atoms with E-state index in [0.717, 1.165) is 10.2 Å². The number of carbonyl (C=O) groups is 4. The molecule has 1 aromatic heterocycles. The van der Waals surface area contributed by atoms with Crippen LogP contribution in [0.1, 0.15) is 17.3 Å². The number of fused-ring (bicyclic) bond motifs is 1. The monoisotopic (exact) mass is 818 g/mol. The van der Waals surface area contributed by atoms with E-state index in [-0.39, 0.29) is 17.8 Å². The van der Waals surface area contributed by atoms with Crippen LogP contribution >= 0.6 is 103 Å². The highest BCUT2D eigenvalue weighted by Gasteiger charge is 2.54. The summed E-state index contributed by atoms with van der Waals surface area (Å²) in [5.74, 6) is -2.76. The molecule has 1 saturated heterocycles. The molecule has 0 aliphatic carbocycles. The molecule has 10 nitrogen and oxygen atoms in total. The Morgan fingerprint density at radius 3 is 2.32 bits per heavy atom. The zero-order valence-electron chi connectivity index (χ0n) is 24.0. The molecule has 0 saturated carbocycles. The van der Waals surface area contributed by atoms with Gasteiger partial charge < -0.3 is 25.0 Å². The van der Waals surface area contributed by atoms with Crippen molar-refractivity contribution in [2.24, 2.45) is 0 Å². The number of alkyl halides is 6. The van der Waals surface area contributed by atoms with Gasteiger partial charge >= 0.3 is 11.9 Å². The van der Waals surface area contributed by atoms with Crippen LogP contribution in [-0.4, -0.2) is 78.4 Å². The summed E-state index contributed by atoms with van der Waals surface area (Å²) in [6.45, 7) is 4.06. The van der Waals surface area contributed by atoms with E-state index in [9.17, 15) is 19.2 Å². The van der Waals surface area contributed by atoms with E-state index in [1.165, 1.54) is 43.9 Å². The Labute approximate surface area is 311 Å². The fourth-order valence-electron chi connectivity index (χ4n) is 4.20. The Kier molecular flexibility index (Phi) is 13.2. The summed E-state index contributed by atoms with van der Waals surface area (Å²) in [7, 11) is 2.51. The summed E-state index contributed by atoms with van der Waals surface area (Å²) in [6.07, 6.45) is 0. The lowest BCUT2D eigenvalue weighted by molar-refractivity contribution is -0.162. The summed E-state index contributed by atoms with van der Waals surface area (Å²) in [6, 6.07) is 11.6. The van der Waals surface area contributed by atoms with Gasteiger partial charge in [-0.2, -0.15) is 0 Å². The minimum Gasteiger partial charge on any atom is -0.459 e. The van der Waals surface area contributed by atoms with Crippen molar-refractivity contribution in [3.05, 3.63) is 66.2 Å². The number of nitrogens with zero attached hydrogens (tertiary/aromatic N) is 2. The first-order valence-corrected chi connectivity index (χ1v) is 18.6. The molecule has 3 aromatic rings. The van der Waals surface area contributed by atoms with Crippen molar-refractivity contribution < 1.29 is 28.7 Å². The largest absolute Gasteiger partial charge is 0.459 e. The first-order valence-electron chi connectivity index (χ1n) is 13.3. The summed E-state index contributed by atoms with van der Waals surface area (Å²) in [4.78, 5) is 58.1. The molecule has 3 atom stereocenters. The van der Waals surface area contributed by atoms with Gasteiger partial charge in [-0.05, 0) is 47.6 Å². The number of rotatable bonds is 13. The minimum absolute atomic E-state index is 0.0961. The standard InChI is InChI=1S/C28H24Cl6N4O6S3/c1-14(2)21(25(42)44-13-28(32,33)34)38-22(40)20(23(38)46-47-26-36-17-9-5-6-10-18(17)45-26)37-19(39)11-35-16-8-4-3-7-15(16)24(41)43-12-27(29,30)31/h3-10,20-21,23,35H,1,11-13H2,2H3,(H,37,39). The van der Waals surface area contributed by atoms with Gasteiger partial charge in [0.2, 0.25) is 19.4 Å². The van der Waals surface area contributed by atoms with Crippen molar-refractivity contribution in [2.45, 2.75) is 36.3 Å². The zero-order chi connectivity index (χ0) is 34.5. The third kappa shape index (κ3) is 10.6. The van der Waals surface area contributed by atoms with Gasteiger partial charge in [0.25, 0.3) is 0 Å². The van der Waals surface area contributed by atoms with Gasteiger partial charge in [0, 0.05) is 5.69 Å². The number of thiazole rings is 1. The summed E-state index contributed by atoms with van der Waals surface area (Å²) >= 11 is 35.7. The average molecular weight is 821 g/mol. The van der Waals surface area contributed by atoms with Crippen LogP contribution in [0.3, 0.4) is 0 Å². The number of benzene rings is 2. The van der Waals surface area contributed by atoms with Gasteiger partial charge in [0.05, 0.1) is 22.3 Å². The molecule has 2 amide bonds. The number of anilines is 1. The Balaban J connectivity index is 1.48. The third-order valence-electron chi connectivity index (χ3n) is 6.19. The molecule has 0 radical (unpaired) electrons. The predicted molar refractivity (Wildman–Crippen MR) is 191 cm³/mol. The molecule has 0 bridgehead atoms. The van der Waals surface area contributed by atoms with E-state index in [2.05, 4.69) is 22.2 Å². The minimum atomic E-state index is -1.87. The fourth-order valence-corrected chi connectivity index (χ4v) is 8.48. The zero-order valence-corrected chi connectivity index (χ0v) is 31.0. The van der Waals surface area contributed by atoms with Crippen LogP contribution < -0.4 is 10.6 Å². The van der Waals surface area contributed by atoms with Gasteiger partial charge in [-0.3, -0.25) is 9.59 Å². The maximum absolute atomic E-state index is 13.5. The maximum Gasteiger partial charge on any atom is 0.340 e. The number of β-lactam (4-membered cyclic amide) rings is 1. The van der Waals surface area contributed by atoms with Crippen LogP contribution in [0.5, 0.6) is 0 Å². The predicted octanol–water partition coefficient (Wildman–Crippen LogP) is 7.19. The number of para-hydroxylation sites is 2. The van der Waals surface area contributed by atoms with Crippen LogP contribution in [0.4, 0.5) is 5.69 Å². The van der Waals surface area contributed by atoms with Gasteiger partial charge in [-0.25, -0.2) is 14.6 Å². The van der Waals surface area contributed by atoms with E-state index in [0.29, 0.717) is 9.91 Å². The first kappa shape index (κ1) is 38.0. The molecule has 2 N–H and O–H groups in total. The lowest BCUT2D eigenvalue weighted by Gasteiger charge is -2.49. The second-order valence-electron chi connectivity index (χ2n) is 9.87. The highest BCUT2D eigenvalue weighted by molar-refractivity contribution is 8.77. The number of aromatic nitrogens is 1. The van der Waals surface area contributed by atoms with Crippen molar-refractivity contribution in [3.8, 4) is 0 Å². The molecule has 1 fully saturated rings. The van der Waals surface area contributed by atoms with Crippen LogP contribution in [-0.2, 0) is 23.9 Å². The number of hydrogen-bond acceptors (Lipinski definition) is 11.